The molecule has 3 nitrogen and oxygen atoms in total. The van der Waals surface area contributed by atoms with E-state index < -0.39 is 5.67 Å². The normalized spacial score (nSPS) is 28.0. The third-order valence-electron chi connectivity index (χ3n) is 7.12. The van der Waals surface area contributed by atoms with Gasteiger partial charge in [-0.15, -0.1) is 0 Å². The van der Waals surface area contributed by atoms with Crippen molar-refractivity contribution >= 4 is 11.6 Å². The number of anilines is 2. The van der Waals surface area contributed by atoms with Gasteiger partial charge in [0.05, 0.1) is 0 Å². The van der Waals surface area contributed by atoms with Crippen LogP contribution in [0.15, 0.2) is 6.07 Å². The summed E-state index contributed by atoms with van der Waals surface area (Å²) < 4.78 is 15.3. The third-order valence-corrected chi connectivity index (χ3v) is 7.12. The number of halogens is 1. The van der Waals surface area contributed by atoms with E-state index in [9.17, 15) is 0 Å². The van der Waals surface area contributed by atoms with E-state index in [1.54, 1.807) is 13.8 Å². The molecule has 0 radical (unpaired) electrons. The number of hydrogen-bond acceptors (Lipinski definition) is 3. The fourth-order valence-corrected chi connectivity index (χ4v) is 5.59. The summed E-state index contributed by atoms with van der Waals surface area (Å²) in [6, 6.07) is 2.07. The maximum Gasteiger partial charge on any atom is 0.134 e. The SMILES string of the molecule is CC[C@@H]1C[C@@H]2CC1CN(c1cc(C(C)(C)F)c(C(C)C)c(N3CCC3)n1)C2. The lowest BCUT2D eigenvalue weighted by Crippen LogP contribution is -2.41. The van der Waals surface area contributed by atoms with Crippen LogP contribution in [0.5, 0.6) is 0 Å². The Labute approximate surface area is 164 Å². The molecule has 4 heteroatoms. The van der Waals surface area contributed by atoms with Gasteiger partial charge in [-0.2, -0.15) is 0 Å². The average Bonchev–Trinajstić information content (AvgIpc) is 2.84. The zero-order valence-corrected chi connectivity index (χ0v) is 17.8. The first-order chi connectivity index (χ1) is 12.8. The summed E-state index contributed by atoms with van der Waals surface area (Å²) in [5, 5.41) is 0. The summed E-state index contributed by atoms with van der Waals surface area (Å²) in [5.74, 6) is 4.76. The Bertz CT molecular complexity index is 690. The molecule has 0 spiro atoms. The Hall–Kier alpha value is -1.32. The molecule has 3 fully saturated rings. The molecule has 2 bridgehead atoms. The van der Waals surface area contributed by atoms with E-state index in [-0.39, 0.29) is 5.92 Å². The predicted molar refractivity (Wildman–Crippen MR) is 111 cm³/mol. The highest BCUT2D eigenvalue weighted by Gasteiger charge is 2.40. The molecule has 3 aliphatic rings. The van der Waals surface area contributed by atoms with Crippen LogP contribution < -0.4 is 9.80 Å². The van der Waals surface area contributed by atoms with Crippen molar-refractivity contribution in [2.45, 2.75) is 71.9 Å². The highest BCUT2D eigenvalue weighted by atomic mass is 19.1. The van der Waals surface area contributed by atoms with E-state index in [2.05, 4.69) is 36.6 Å². The summed E-state index contributed by atoms with van der Waals surface area (Å²) in [5.41, 5.74) is 0.601. The second-order valence-corrected chi connectivity index (χ2v) is 9.90. The molecule has 3 heterocycles. The molecule has 1 saturated carbocycles. The predicted octanol–water partition coefficient (Wildman–Crippen LogP) is 5.49. The van der Waals surface area contributed by atoms with Gasteiger partial charge in [-0.1, -0.05) is 27.2 Å². The molecule has 0 N–H and O–H groups in total. The van der Waals surface area contributed by atoms with Crippen LogP contribution in [0, 0.1) is 17.8 Å². The van der Waals surface area contributed by atoms with Crippen LogP contribution in [-0.4, -0.2) is 31.2 Å². The number of aromatic nitrogens is 1. The Morgan fingerprint density at radius 1 is 1.19 bits per heavy atom. The van der Waals surface area contributed by atoms with Crippen molar-refractivity contribution in [1.29, 1.82) is 0 Å². The Morgan fingerprint density at radius 3 is 2.48 bits per heavy atom. The van der Waals surface area contributed by atoms with Gasteiger partial charge in [-0.25, -0.2) is 9.37 Å². The van der Waals surface area contributed by atoms with Crippen molar-refractivity contribution in [1.82, 2.24) is 4.98 Å². The highest BCUT2D eigenvalue weighted by molar-refractivity contribution is 5.61. The molecule has 2 aliphatic heterocycles. The standard InChI is InChI=1S/C23H36FN3/c1-6-17-10-16-11-18(17)14-27(13-16)20-12-19(23(4,5)24)21(15(2)3)22(25-20)26-8-7-9-26/h12,15-18H,6-11,13-14H2,1-5H3/t16-,17-,18?/m1/s1. The minimum atomic E-state index is -1.35. The monoisotopic (exact) mass is 373 g/mol. The molecule has 1 aliphatic carbocycles. The maximum atomic E-state index is 15.3. The van der Waals surface area contributed by atoms with E-state index in [0.29, 0.717) is 0 Å². The van der Waals surface area contributed by atoms with Crippen LogP contribution in [0.2, 0.25) is 0 Å². The quantitative estimate of drug-likeness (QED) is 0.680. The summed E-state index contributed by atoms with van der Waals surface area (Å²) in [4.78, 5) is 9.96. The number of pyridine rings is 1. The first kappa shape index (κ1) is 19.0. The molecule has 1 aromatic rings. The third kappa shape index (κ3) is 3.45. The number of piperidine rings is 1. The maximum absolute atomic E-state index is 15.3. The van der Waals surface area contributed by atoms with Crippen LogP contribution in [-0.2, 0) is 5.67 Å². The fraction of sp³-hybridized carbons (Fsp3) is 0.783. The van der Waals surface area contributed by atoms with Crippen molar-refractivity contribution in [2.75, 3.05) is 36.0 Å². The lowest BCUT2D eigenvalue weighted by atomic mass is 9.88. The molecular weight excluding hydrogens is 337 g/mol. The van der Waals surface area contributed by atoms with Crippen LogP contribution in [0.1, 0.15) is 77.3 Å². The van der Waals surface area contributed by atoms with Gasteiger partial charge < -0.3 is 9.80 Å². The van der Waals surface area contributed by atoms with Crippen LogP contribution in [0.3, 0.4) is 0 Å². The number of nitrogens with zero attached hydrogens (tertiary/aromatic N) is 3. The number of fused-ring (bicyclic) bond motifs is 2. The molecule has 1 aromatic heterocycles. The van der Waals surface area contributed by atoms with Gasteiger partial charge in [0.1, 0.15) is 17.3 Å². The van der Waals surface area contributed by atoms with E-state index in [4.69, 9.17) is 4.98 Å². The molecular formula is C23H36FN3. The molecule has 150 valence electrons. The summed E-state index contributed by atoms with van der Waals surface area (Å²) >= 11 is 0. The summed E-state index contributed by atoms with van der Waals surface area (Å²) in [6.45, 7) is 14.3. The molecule has 2 saturated heterocycles. The van der Waals surface area contributed by atoms with Crippen molar-refractivity contribution in [3.8, 4) is 0 Å². The Kier molecular flexibility index (Phi) is 4.88. The lowest BCUT2D eigenvalue weighted by molar-refractivity contribution is 0.219. The first-order valence-corrected chi connectivity index (χ1v) is 11.0. The van der Waals surface area contributed by atoms with Gasteiger partial charge in [-0.05, 0) is 68.4 Å². The number of rotatable bonds is 5. The van der Waals surface area contributed by atoms with E-state index in [0.717, 1.165) is 66.7 Å². The van der Waals surface area contributed by atoms with Gasteiger partial charge in [0.25, 0.3) is 0 Å². The molecule has 4 rings (SSSR count). The van der Waals surface area contributed by atoms with Gasteiger partial charge in [0.2, 0.25) is 0 Å². The zero-order chi connectivity index (χ0) is 19.3. The van der Waals surface area contributed by atoms with Gasteiger partial charge in [0.15, 0.2) is 0 Å². The molecule has 1 unspecified atom stereocenters. The Balaban J connectivity index is 1.75. The topological polar surface area (TPSA) is 19.4 Å². The van der Waals surface area contributed by atoms with E-state index in [1.807, 2.05) is 0 Å². The fourth-order valence-electron chi connectivity index (χ4n) is 5.59. The number of hydrogen-bond donors (Lipinski definition) is 0. The summed E-state index contributed by atoms with van der Waals surface area (Å²) in [6.07, 6.45) is 5.24. The first-order valence-electron chi connectivity index (χ1n) is 11.0. The van der Waals surface area contributed by atoms with Gasteiger partial charge in [-0.3, -0.25) is 0 Å². The van der Waals surface area contributed by atoms with Crippen molar-refractivity contribution < 1.29 is 4.39 Å². The summed E-state index contributed by atoms with van der Waals surface area (Å²) in [7, 11) is 0. The van der Waals surface area contributed by atoms with Crippen LogP contribution in [0.4, 0.5) is 16.0 Å². The second-order valence-electron chi connectivity index (χ2n) is 9.90. The molecule has 3 atom stereocenters. The minimum absolute atomic E-state index is 0.272. The van der Waals surface area contributed by atoms with Crippen molar-refractivity contribution in [3.63, 3.8) is 0 Å². The largest absolute Gasteiger partial charge is 0.356 e. The highest BCUT2D eigenvalue weighted by Crippen LogP contribution is 2.45. The van der Waals surface area contributed by atoms with E-state index in [1.165, 1.54) is 25.7 Å². The molecule has 0 amide bonds. The smallest absolute Gasteiger partial charge is 0.134 e. The number of alkyl halides is 1. The Morgan fingerprint density at radius 2 is 1.93 bits per heavy atom. The van der Waals surface area contributed by atoms with Crippen LogP contribution >= 0.6 is 0 Å². The average molecular weight is 374 g/mol. The second kappa shape index (κ2) is 6.93. The van der Waals surface area contributed by atoms with Gasteiger partial charge in [0, 0.05) is 31.7 Å². The zero-order valence-electron chi connectivity index (χ0n) is 17.8. The minimum Gasteiger partial charge on any atom is -0.356 e. The van der Waals surface area contributed by atoms with Gasteiger partial charge >= 0.3 is 0 Å². The molecule has 27 heavy (non-hydrogen) atoms. The van der Waals surface area contributed by atoms with E-state index >= 15 is 4.39 Å². The molecule has 0 aromatic carbocycles. The van der Waals surface area contributed by atoms with Crippen LogP contribution in [0.25, 0.3) is 0 Å². The van der Waals surface area contributed by atoms with Crippen molar-refractivity contribution in [2.24, 2.45) is 17.8 Å². The lowest BCUT2D eigenvalue weighted by Gasteiger charge is -2.39. The van der Waals surface area contributed by atoms with Crippen molar-refractivity contribution in [3.05, 3.63) is 17.2 Å².